The van der Waals surface area contributed by atoms with Crippen LogP contribution in [-0.2, 0) is 11.2 Å². The Morgan fingerprint density at radius 1 is 1.42 bits per heavy atom. The summed E-state index contributed by atoms with van der Waals surface area (Å²) in [7, 11) is 3.95. The minimum absolute atomic E-state index is 0.196. The van der Waals surface area contributed by atoms with E-state index in [1.807, 2.05) is 19.0 Å². The van der Waals surface area contributed by atoms with Gasteiger partial charge in [0.25, 0.3) is 0 Å². The Labute approximate surface area is 114 Å². The molecule has 2 heterocycles. The summed E-state index contributed by atoms with van der Waals surface area (Å²) in [5.41, 5.74) is 6.00. The van der Waals surface area contributed by atoms with E-state index in [-0.39, 0.29) is 6.04 Å². The molecule has 2 rings (SSSR count). The molecule has 108 valence electrons. The summed E-state index contributed by atoms with van der Waals surface area (Å²) in [6, 6.07) is -0.196. The second kappa shape index (κ2) is 6.98. The number of aromatic nitrogens is 2. The maximum atomic E-state index is 6.00. The van der Waals surface area contributed by atoms with E-state index < -0.39 is 0 Å². The zero-order chi connectivity index (χ0) is 13.7. The molecule has 1 aliphatic rings. The molecule has 1 aromatic rings. The van der Waals surface area contributed by atoms with Gasteiger partial charge in [-0.05, 0) is 39.8 Å². The number of rotatable bonds is 6. The Kier molecular flexibility index (Phi) is 5.30. The number of hydrogen-bond acceptors (Lipinski definition) is 6. The average molecular weight is 268 g/mol. The van der Waals surface area contributed by atoms with Crippen LogP contribution < -0.4 is 5.73 Å². The van der Waals surface area contributed by atoms with Crippen molar-refractivity contribution in [3.05, 3.63) is 11.7 Å². The van der Waals surface area contributed by atoms with Gasteiger partial charge < -0.3 is 19.9 Å². The van der Waals surface area contributed by atoms with Crippen molar-refractivity contribution in [2.75, 3.05) is 27.2 Å². The Balaban J connectivity index is 1.79. The van der Waals surface area contributed by atoms with Crippen LogP contribution in [0.25, 0.3) is 0 Å². The van der Waals surface area contributed by atoms with Crippen LogP contribution in [0, 0.1) is 0 Å². The van der Waals surface area contributed by atoms with Crippen LogP contribution in [-0.4, -0.2) is 48.4 Å². The van der Waals surface area contributed by atoms with Crippen LogP contribution in [0.2, 0.25) is 0 Å². The van der Waals surface area contributed by atoms with Gasteiger partial charge in [-0.3, -0.25) is 0 Å². The molecule has 6 heteroatoms. The maximum Gasteiger partial charge on any atom is 0.226 e. The van der Waals surface area contributed by atoms with Gasteiger partial charge >= 0.3 is 0 Å². The molecule has 1 saturated heterocycles. The number of nitrogens with zero attached hydrogens (tertiary/aromatic N) is 3. The molecule has 0 spiro atoms. The summed E-state index contributed by atoms with van der Waals surface area (Å²) < 4.78 is 10.9. The van der Waals surface area contributed by atoms with Gasteiger partial charge in [0.1, 0.15) is 0 Å². The fourth-order valence-corrected chi connectivity index (χ4v) is 2.31. The van der Waals surface area contributed by atoms with Crippen molar-refractivity contribution < 1.29 is 9.26 Å². The molecular formula is C13H24N4O2. The van der Waals surface area contributed by atoms with Crippen LogP contribution in [0.5, 0.6) is 0 Å². The second-order valence-electron chi connectivity index (χ2n) is 5.44. The smallest absolute Gasteiger partial charge is 0.226 e. The molecule has 0 aliphatic carbocycles. The predicted molar refractivity (Wildman–Crippen MR) is 71.7 cm³/mol. The van der Waals surface area contributed by atoms with E-state index in [0.717, 1.165) is 25.9 Å². The average Bonchev–Trinajstić information content (AvgIpc) is 2.86. The number of hydrogen-bond donors (Lipinski definition) is 1. The molecule has 2 N–H and O–H groups in total. The normalized spacial score (nSPS) is 21.8. The zero-order valence-corrected chi connectivity index (χ0v) is 11.8. The van der Waals surface area contributed by atoms with Crippen LogP contribution in [0.3, 0.4) is 0 Å². The van der Waals surface area contributed by atoms with E-state index >= 15 is 0 Å². The zero-order valence-electron chi connectivity index (χ0n) is 11.8. The molecular weight excluding hydrogens is 244 g/mol. The fourth-order valence-electron chi connectivity index (χ4n) is 2.31. The molecule has 1 aliphatic heterocycles. The van der Waals surface area contributed by atoms with E-state index in [2.05, 4.69) is 10.1 Å². The predicted octanol–water partition coefficient (Wildman–Crippen LogP) is 1.13. The topological polar surface area (TPSA) is 77.4 Å². The highest BCUT2D eigenvalue weighted by atomic mass is 16.5. The molecule has 0 saturated carbocycles. The number of ether oxygens (including phenoxy) is 1. The third kappa shape index (κ3) is 4.56. The highest BCUT2D eigenvalue weighted by molar-refractivity contribution is 4.94. The van der Waals surface area contributed by atoms with Gasteiger partial charge in [0.05, 0.1) is 12.1 Å². The van der Waals surface area contributed by atoms with Crippen molar-refractivity contribution in [2.24, 2.45) is 5.73 Å². The van der Waals surface area contributed by atoms with Gasteiger partial charge in [0, 0.05) is 19.6 Å². The monoisotopic (exact) mass is 268 g/mol. The van der Waals surface area contributed by atoms with Gasteiger partial charge in [0.2, 0.25) is 5.89 Å². The van der Waals surface area contributed by atoms with Crippen molar-refractivity contribution in [3.63, 3.8) is 0 Å². The van der Waals surface area contributed by atoms with Crippen molar-refractivity contribution in [2.45, 2.75) is 44.2 Å². The summed E-state index contributed by atoms with van der Waals surface area (Å²) in [6.45, 7) is 1.60. The minimum atomic E-state index is -0.196. The quantitative estimate of drug-likeness (QED) is 0.833. The van der Waals surface area contributed by atoms with E-state index in [1.54, 1.807) is 0 Å². The van der Waals surface area contributed by atoms with Gasteiger partial charge in [-0.1, -0.05) is 5.16 Å². The number of likely N-dealkylation sites (N-methyl/N-ethyl adjacent to an activating group) is 1. The van der Waals surface area contributed by atoms with Crippen molar-refractivity contribution in [1.29, 1.82) is 0 Å². The van der Waals surface area contributed by atoms with E-state index in [4.69, 9.17) is 15.0 Å². The summed E-state index contributed by atoms with van der Waals surface area (Å²) >= 11 is 0. The summed E-state index contributed by atoms with van der Waals surface area (Å²) in [5, 5.41) is 3.95. The van der Waals surface area contributed by atoms with Crippen LogP contribution in [0.15, 0.2) is 4.52 Å². The summed E-state index contributed by atoms with van der Waals surface area (Å²) in [4.78, 5) is 6.37. The molecule has 2 unspecified atom stereocenters. The molecule has 1 fully saturated rings. The standard InChI is InChI=1S/C13H24N4O2/c1-17(2)9-11(14)13-15-12(19-16-13)7-6-10-5-3-4-8-18-10/h10-11H,3-9,14H2,1-2H3. The fraction of sp³-hybridized carbons (Fsp3) is 0.846. The third-order valence-electron chi connectivity index (χ3n) is 3.33. The lowest BCUT2D eigenvalue weighted by atomic mass is 10.0. The molecule has 6 nitrogen and oxygen atoms in total. The van der Waals surface area contributed by atoms with Crippen LogP contribution in [0.1, 0.15) is 43.4 Å². The highest BCUT2D eigenvalue weighted by Gasteiger charge is 2.18. The first-order valence-corrected chi connectivity index (χ1v) is 6.99. The molecule has 19 heavy (non-hydrogen) atoms. The number of aryl methyl sites for hydroxylation is 1. The SMILES string of the molecule is CN(C)CC(N)c1noc(CCC2CCCCO2)n1. The first-order chi connectivity index (χ1) is 9.15. The second-order valence-corrected chi connectivity index (χ2v) is 5.44. The lowest BCUT2D eigenvalue weighted by Gasteiger charge is -2.21. The molecule has 1 aromatic heterocycles. The Bertz CT molecular complexity index is 374. The van der Waals surface area contributed by atoms with Crippen molar-refractivity contribution in [3.8, 4) is 0 Å². The lowest BCUT2D eigenvalue weighted by molar-refractivity contribution is 0.0104. The first kappa shape index (κ1) is 14.4. The van der Waals surface area contributed by atoms with Gasteiger partial charge in [0.15, 0.2) is 5.82 Å². The van der Waals surface area contributed by atoms with E-state index in [9.17, 15) is 0 Å². The van der Waals surface area contributed by atoms with E-state index in [1.165, 1.54) is 12.8 Å². The van der Waals surface area contributed by atoms with Crippen LogP contribution in [0.4, 0.5) is 0 Å². The number of nitrogens with two attached hydrogens (primary N) is 1. The minimum Gasteiger partial charge on any atom is -0.378 e. The molecule has 0 amide bonds. The Hall–Kier alpha value is -0.980. The molecule has 0 aromatic carbocycles. The summed E-state index contributed by atoms with van der Waals surface area (Å²) in [6.07, 6.45) is 5.64. The largest absolute Gasteiger partial charge is 0.378 e. The van der Waals surface area contributed by atoms with E-state index in [0.29, 0.717) is 24.4 Å². The molecule has 0 radical (unpaired) electrons. The van der Waals surface area contributed by atoms with Crippen molar-refractivity contribution in [1.82, 2.24) is 15.0 Å². The Morgan fingerprint density at radius 3 is 2.95 bits per heavy atom. The molecule has 2 atom stereocenters. The van der Waals surface area contributed by atoms with Crippen LogP contribution >= 0.6 is 0 Å². The van der Waals surface area contributed by atoms with Gasteiger partial charge in [-0.2, -0.15) is 4.98 Å². The first-order valence-electron chi connectivity index (χ1n) is 6.99. The van der Waals surface area contributed by atoms with Crippen molar-refractivity contribution >= 4 is 0 Å². The third-order valence-corrected chi connectivity index (χ3v) is 3.33. The lowest BCUT2D eigenvalue weighted by Crippen LogP contribution is -2.26. The Morgan fingerprint density at radius 2 is 2.26 bits per heavy atom. The van der Waals surface area contributed by atoms with Gasteiger partial charge in [-0.25, -0.2) is 0 Å². The summed E-state index contributed by atoms with van der Waals surface area (Å²) in [5.74, 6) is 1.26. The highest BCUT2D eigenvalue weighted by Crippen LogP contribution is 2.17. The molecule has 0 bridgehead atoms. The maximum absolute atomic E-state index is 6.00. The van der Waals surface area contributed by atoms with Gasteiger partial charge in [-0.15, -0.1) is 0 Å².